The third kappa shape index (κ3) is 1.66. The van der Waals surface area contributed by atoms with E-state index < -0.39 is 18.8 Å². The van der Waals surface area contributed by atoms with Crippen LogP contribution in [0.25, 0.3) is 0 Å². The van der Waals surface area contributed by atoms with Crippen LogP contribution in [-0.4, -0.2) is 16.9 Å². The van der Waals surface area contributed by atoms with Gasteiger partial charge in [0.2, 0.25) is 0 Å². The highest BCUT2D eigenvalue weighted by molar-refractivity contribution is 7.55. The van der Waals surface area contributed by atoms with E-state index in [1.807, 2.05) is 27.7 Å². The summed E-state index contributed by atoms with van der Waals surface area (Å²) in [7, 11) is -2.90. The lowest BCUT2D eigenvalue weighted by Gasteiger charge is -2.29. The van der Waals surface area contributed by atoms with Gasteiger partial charge in [0.15, 0.2) is 0 Å². The molecule has 3 aliphatic rings. The number of rotatable bonds is 1. The van der Waals surface area contributed by atoms with E-state index in [1.165, 1.54) is 19.3 Å². The zero-order valence-electron chi connectivity index (χ0n) is 11.2. The van der Waals surface area contributed by atoms with Crippen molar-refractivity contribution in [2.75, 3.05) is 0 Å². The summed E-state index contributed by atoms with van der Waals surface area (Å²) in [5, 5.41) is 0. The average Bonchev–Trinajstić information content (AvgIpc) is 2.78. The Kier molecular flexibility index (Phi) is 2.42. The van der Waals surface area contributed by atoms with Crippen LogP contribution < -0.4 is 0 Å². The molecule has 17 heavy (non-hydrogen) atoms. The van der Waals surface area contributed by atoms with Crippen molar-refractivity contribution < 1.29 is 13.6 Å². The van der Waals surface area contributed by atoms with Crippen molar-refractivity contribution in [3.8, 4) is 0 Å². The van der Waals surface area contributed by atoms with E-state index >= 15 is 0 Å². The predicted molar refractivity (Wildman–Crippen MR) is 67.2 cm³/mol. The Labute approximate surface area is 104 Å². The molecular formula is C13H23O3P. The lowest BCUT2D eigenvalue weighted by Crippen LogP contribution is -2.41. The fourth-order valence-corrected chi connectivity index (χ4v) is 6.97. The maximum atomic E-state index is 13.0. The minimum atomic E-state index is -2.90. The molecular weight excluding hydrogens is 235 g/mol. The third-order valence-corrected chi connectivity index (χ3v) is 8.13. The maximum Gasteiger partial charge on any atom is 0.335 e. The van der Waals surface area contributed by atoms with Gasteiger partial charge in [-0.15, -0.1) is 0 Å². The van der Waals surface area contributed by atoms with E-state index in [-0.39, 0.29) is 5.66 Å². The number of fused-ring (bicyclic) bond motifs is 2. The molecule has 2 saturated carbocycles. The van der Waals surface area contributed by atoms with Gasteiger partial charge in [0.1, 0.15) is 11.2 Å². The summed E-state index contributed by atoms with van der Waals surface area (Å²) in [6.07, 6.45) is 4.82. The van der Waals surface area contributed by atoms with Crippen LogP contribution in [0.2, 0.25) is 0 Å². The van der Waals surface area contributed by atoms with Crippen LogP contribution in [0.3, 0.4) is 0 Å². The summed E-state index contributed by atoms with van der Waals surface area (Å²) in [6.45, 7) is 7.94. The molecule has 1 heterocycles. The summed E-state index contributed by atoms with van der Waals surface area (Å²) in [6, 6.07) is 0. The van der Waals surface area contributed by atoms with E-state index in [4.69, 9.17) is 9.05 Å². The van der Waals surface area contributed by atoms with Gasteiger partial charge in [-0.3, -0.25) is 13.6 Å². The molecule has 2 aliphatic carbocycles. The SMILES string of the molecule is CC1(C)OP(=O)(C2CC3CCC2C3)OC1(C)C. The first-order chi connectivity index (χ1) is 7.74. The van der Waals surface area contributed by atoms with Crippen molar-refractivity contribution in [3.63, 3.8) is 0 Å². The molecule has 0 N–H and O–H groups in total. The van der Waals surface area contributed by atoms with E-state index in [1.54, 1.807) is 0 Å². The zero-order valence-corrected chi connectivity index (χ0v) is 12.1. The minimum Gasteiger partial charge on any atom is -0.299 e. The van der Waals surface area contributed by atoms with E-state index in [0.29, 0.717) is 5.92 Å². The van der Waals surface area contributed by atoms with Crippen molar-refractivity contribution in [3.05, 3.63) is 0 Å². The highest BCUT2D eigenvalue weighted by atomic mass is 31.2. The summed E-state index contributed by atoms with van der Waals surface area (Å²) in [5.41, 5.74) is -0.739. The molecule has 0 spiro atoms. The van der Waals surface area contributed by atoms with Gasteiger partial charge in [0, 0.05) is 0 Å². The molecule has 0 amide bonds. The van der Waals surface area contributed by atoms with E-state index in [0.717, 1.165) is 12.3 Å². The topological polar surface area (TPSA) is 35.5 Å². The van der Waals surface area contributed by atoms with E-state index in [2.05, 4.69) is 0 Å². The van der Waals surface area contributed by atoms with E-state index in [9.17, 15) is 4.57 Å². The molecule has 1 saturated heterocycles. The molecule has 0 aromatic rings. The van der Waals surface area contributed by atoms with Gasteiger partial charge < -0.3 is 0 Å². The average molecular weight is 258 g/mol. The number of hydrogen-bond donors (Lipinski definition) is 0. The normalized spacial score (nSPS) is 45.3. The fourth-order valence-electron chi connectivity index (χ4n) is 3.61. The van der Waals surface area contributed by atoms with Crippen LogP contribution in [0.5, 0.6) is 0 Å². The van der Waals surface area contributed by atoms with Crippen LogP contribution in [0.15, 0.2) is 0 Å². The lowest BCUT2D eigenvalue weighted by molar-refractivity contribution is 0.00578. The maximum absolute atomic E-state index is 13.0. The first kappa shape index (κ1) is 12.2. The van der Waals surface area contributed by atoms with Crippen LogP contribution in [-0.2, 0) is 13.6 Å². The molecule has 4 heteroatoms. The summed E-state index contributed by atoms with van der Waals surface area (Å²) in [4.78, 5) is 0. The molecule has 0 radical (unpaired) electrons. The molecule has 3 nitrogen and oxygen atoms in total. The Morgan fingerprint density at radius 1 is 1.00 bits per heavy atom. The van der Waals surface area contributed by atoms with Crippen LogP contribution >= 0.6 is 7.60 Å². The quantitative estimate of drug-likeness (QED) is 0.667. The Balaban J connectivity index is 1.87. The van der Waals surface area contributed by atoms with Crippen LogP contribution in [0, 0.1) is 11.8 Å². The molecule has 3 rings (SSSR count). The predicted octanol–water partition coefficient (Wildman–Crippen LogP) is 3.97. The van der Waals surface area contributed by atoms with Crippen molar-refractivity contribution in [2.24, 2.45) is 11.8 Å². The second-order valence-corrected chi connectivity index (χ2v) is 9.09. The second-order valence-electron chi connectivity index (χ2n) is 6.99. The van der Waals surface area contributed by atoms with Crippen LogP contribution in [0.4, 0.5) is 0 Å². The van der Waals surface area contributed by atoms with Gasteiger partial charge in [-0.05, 0) is 58.8 Å². The van der Waals surface area contributed by atoms with Crippen molar-refractivity contribution in [2.45, 2.75) is 70.2 Å². The van der Waals surface area contributed by atoms with Crippen LogP contribution in [0.1, 0.15) is 53.4 Å². The monoisotopic (exact) mass is 258 g/mol. The van der Waals surface area contributed by atoms with Crippen molar-refractivity contribution >= 4 is 7.60 Å². The van der Waals surface area contributed by atoms with Gasteiger partial charge in [-0.2, -0.15) is 0 Å². The Hall–Kier alpha value is 0.150. The molecule has 0 aromatic heterocycles. The molecule has 98 valence electrons. The summed E-state index contributed by atoms with van der Waals surface area (Å²) >= 11 is 0. The molecule has 3 atom stereocenters. The molecule has 3 unspecified atom stereocenters. The highest BCUT2D eigenvalue weighted by Gasteiger charge is 2.61. The first-order valence-electron chi connectivity index (χ1n) is 6.75. The van der Waals surface area contributed by atoms with Gasteiger partial charge in [-0.1, -0.05) is 6.42 Å². The summed E-state index contributed by atoms with van der Waals surface area (Å²) < 4.78 is 24.8. The largest absolute Gasteiger partial charge is 0.335 e. The second kappa shape index (κ2) is 3.37. The van der Waals surface area contributed by atoms with Gasteiger partial charge in [0.05, 0.1) is 5.66 Å². The Morgan fingerprint density at radius 3 is 2.00 bits per heavy atom. The number of hydrogen-bond acceptors (Lipinski definition) is 3. The molecule has 0 aromatic carbocycles. The van der Waals surface area contributed by atoms with Gasteiger partial charge in [0.25, 0.3) is 0 Å². The smallest absolute Gasteiger partial charge is 0.299 e. The third-order valence-electron chi connectivity index (χ3n) is 5.27. The Morgan fingerprint density at radius 2 is 1.59 bits per heavy atom. The van der Waals surface area contributed by atoms with Gasteiger partial charge >= 0.3 is 7.60 Å². The molecule has 1 aliphatic heterocycles. The molecule has 3 fully saturated rings. The van der Waals surface area contributed by atoms with Crippen molar-refractivity contribution in [1.82, 2.24) is 0 Å². The lowest BCUT2D eigenvalue weighted by atomic mass is 9.90. The van der Waals surface area contributed by atoms with Crippen molar-refractivity contribution in [1.29, 1.82) is 0 Å². The zero-order chi connectivity index (χ0) is 12.5. The Bertz CT molecular complexity index is 368. The minimum absolute atomic E-state index is 0.169. The molecule has 2 bridgehead atoms. The first-order valence-corrected chi connectivity index (χ1v) is 8.36. The summed E-state index contributed by atoms with van der Waals surface area (Å²) in [5.74, 6) is 1.35. The highest BCUT2D eigenvalue weighted by Crippen LogP contribution is 2.72. The van der Waals surface area contributed by atoms with Gasteiger partial charge in [-0.25, -0.2) is 0 Å². The fraction of sp³-hybridized carbons (Fsp3) is 1.00. The standard InChI is InChI=1S/C13H23O3P/c1-12(2)13(3,4)16-17(14,15-12)11-8-9-5-6-10(11)7-9/h9-11H,5-8H2,1-4H3.